The Balaban J connectivity index is 0.00000200. The summed E-state index contributed by atoms with van der Waals surface area (Å²) in [6, 6.07) is 4.72. The Kier molecular flexibility index (Phi) is 5.96. The van der Waals surface area contributed by atoms with Gasteiger partial charge in [-0.15, -0.1) is 12.4 Å². The smallest absolute Gasteiger partial charge is 0.254 e. The van der Waals surface area contributed by atoms with Gasteiger partial charge < -0.3 is 10.6 Å². The molecule has 2 N–H and O–H groups in total. The van der Waals surface area contributed by atoms with E-state index in [1.807, 2.05) is 0 Å². The number of likely N-dealkylation sites (tertiary alicyclic amines) is 1. The second-order valence-corrected chi connectivity index (χ2v) is 5.48. The number of nitrogens with zero attached hydrogens (tertiary/aromatic N) is 1. The van der Waals surface area contributed by atoms with Gasteiger partial charge in [0.2, 0.25) is 0 Å². The number of rotatable bonds is 2. The van der Waals surface area contributed by atoms with E-state index in [0.717, 1.165) is 12.8 Å². The molecule has 0 aliphatic carbocycles. The van der Waals surface area contributed by atoms with Gasteiger partial charge in [-0.2, -0.15) is 0 Å². The Morgan fingerprint density at radius 3 is 2.80 bits per heavy atom. The molecule has 1 fully saturated rings. The van der Waals surface area contributed by atoms with Gasteiger partial charge in [0, 0.05) is 24.7 Å². The average Bonchev–Trinajstić information content (AvgIpc) is 2.41. The Labute approximate surface area is 125 Å². The normalized spacial score (nSPS) is 22.3. The highest BCUT2D eigenvalue weighted by atomic mass is 35.5. The lowest BCUT2D eigenvalue weighted by Crippen LogP contribution is -2.49. The summed E-state index contributed by atoms with van der Waals surface area (Å²) in [5.41, 5.74) is 6.73. The third-order valence-corrected chi connectivity index (χ3v) is 3.93. The van der Waals surface area contributed by atoms with Crippen molar-refractivity contribution in [2.45, 2.75) is 32.7 Å². The minimum Gasteiger partial charge on any atom is -0.334 e. The van der Waals surface area contributed by atoms with E-state index in [2.05, 4.69) is 6.92 Å². The minimum atomic E-state index is -0.333. The van der Waals surface area contributed by atoms with Crippen LogP contribution in [0.5, 0.6) is 0 Å². The first-order valence-corrected chi connectivity index (χ1v) is 6.80. The van der Waals surface area contributed by atoms with Crippen molar-refractivity contribution in [3.05, 3.63) is 35.1 Å². The van der Waals surface area contributed by atoms with Crippen molar-refractivity contribution < 1.29 is 9.18 Å². The summed E-state index contributed by atoms with van der Waals surface area (Å²) in [7, 11) is 0. The molecule has 3 nitrogen and oxygen atoms in total. The Morgan fingerprint density at radius 2 is 2.20 bits per heavy atom. The van der Waals surface area contributed by atoms with Crippen LogP contribution in [0.25, 0.3) is 0 Å². The summed E-state index contributed by atoms with van der Waals surface area (Å²) in [5, 5.41) is 0. The fraction of sp³-hybridized carbons (Fsp3) is 0.533. The summed E-state index contributed by atoms with van der Waals surface area (Å²) in [5.74, 6) is 0.147. The molecule has 0 radical (unpaired) electrons. The number of nitrogens with two attached hydrogens (primary N) is 1. The number of hydrogen-bond acceptors (Lipinski definition) is 2. The third-order valence-electron chi connectivity index (χ3n) is 3.93. The molecule has 1 aromatic carbocycles. The van der Waals surface area contributed by atoms with E-state index in [9.17, 15) is 9.18 Å². The van der Waals surface area contributed by atoms with Crippen LogP contribution in [0.3, 0.4) is 0 Å². The molecule has 1 saturated heterocycles. The molecule has 2 rings (SSSR count). The Morgan fingerprint density at radius 1 is 1.50 bits per heavy atom. The van der Waals surface area contributed by atoms with Gasteiger partial charge in [-0.3, -0.25) is 4.79 Å². The number of aryl methyl sites for hydroxylation is 1. The van der Waals surface area contributed by atoms with Crippen molar-refractivity contribution >= 4 is 18.3 Å². The predicted octanol–water partition coefficient (Wildman–Crippen LogP) is 2.76. The Bertz CT molecular complexity index is 481. The molecule has 2 unspecified atom stereocenters. The summed E-state index contributed by atoms with van der Waals surface area (Å²) in [6.07, 6.45) is 1.91. The zero-order valence-corrected chi connectivity index (χ0v) is 12.8. The molecule has 112 valence electrons. The highest BCUT2D eigenvalue weighted by Gasteiger charge is 2.29. The van der Waals surface area contributed by atoms with E-state index in [4.69, 9.17) is 5.73 Å². The second-order valence-electron chi connectivity index (χ2n) is 5.48. The molecule has 1 amide bonds. The lowest BCUT2D eigenvalue weighted by atomic mass is 9.92. The molecule has 1 aromatic rings. The molecule has 0 spiro atoms. The number of carbonyl (C=O) groups excluding carboxylic acids is 1. The Hall–Kier alpha value is -1.13. The monoisotopic (exact) mass is 300 g/mol. The van der Waals surface area contributed by atoms with E-state index >= 15 is 0 Å². The lowest BCUT2D eigenvalue weighted by Gasteiger charge is -2.38. The third kappa shape index (κ3) is 3.49. The van der Waals surface area contributed by atoms with Crippen LogP contribution in [-0.4, -0.2) is 29.9 Å². The molecule has 5 heteroatoms. The maximum atomic E-state index is 13.6. The molecule has 0 aromatic heterocycles. The van der Waals surface area contributed by atoms with Gasteiger partial charge in [0.05, 0.1) is 0 Å². The van der Waals surface area contributed by atoms with E-state index in [1.54, 1.807) is 24.0 Å². The van der Waals surface area contributed by atoms with Gasteiger partial charge in [-0.25, -0.2) is 4.39 Å². The van der Waals surface area contributed by atoms with Gasteiger partial charge in [-0.05, 0) is 43.4 Å². The standard InChI is InChI=1S/C15H21FN2O.ClH/c1-10-5-6-18(13(7-10)9-17)15(19)12-4-3-11(2)14(16)8-12;/h3-4,8,10,13H,5-7,9,17H2,1-2H3;1H. The average molecular weight is 301 g/mol. The van der Waals surface area contributed by atoms with E-state index in [0.29, 0.717) is 30.1 Å². The molecule has 1 heterocycles. The topological polar surface area (TPSA) is 46.3 Å². The molecular weight excluding hydrogens is 279 g/mol. The van der Waals surface area contributed by atoms with Crippen molar-refractivity contribution in [3.63, 3.8) is 0 Å². The van der Waals surface area contributed by atoms with Crippen molar-refractivity contribution in [1.29, 1.82) is 0 Å². The summed E-state index contributed by atoms with van der Waals surface area (Å²) in [6.45, 7) is 5.03. The number of piperidine rings is 1. The van der Waals surface area contributed by atoms with Crippen LogP contribution in [0.1, 0.15) is 35.7 Å². The molecule has 0 bridgehead atoms. The number of benzene rings is 1. The van der Waals surface area contributed by atoms with Gasteiger partial charge in [0.25, 0.3) is 5.91 Å². The largest absolute Gasteiger partial charge is 0.334 e. The predicted molar refractivity (Wildman–Crippen MR) is 80.7 cm³/mol. The SMILES string of the molecule is Cc1ccc(C(=O)N2CCC(C)CC2CN)cc1F.Cl. The van der Waals surface area contributed by atoms with E-state index < -0.39 is 0 Å². The number of amides is 1. The van der Waals surface area contributed by atoms with Crippen molar-refractivity contribution in [2.75, 3.05) is 13.1 Å². The summed E-state index contributed by atoms with van der Waals surface area (Å²) < 4.78 is 13.6. The molecule has 1 aliphatic rings. The number of hydrogen-bond donors (Lipinski definition) is 1. The molecule has 20 heavy (non-hydrogen) atoms. The zero-order valence-electron chi connectivity index (χ0n) is 11.9. The van der Waals surface area contributed by atoms with Crippen LogP contribution < -0.4 is 5.73 Å². The highest BCUT2D eigenvalue weighted by Crippen LogP contribution is 2.24. The van der Waals surface area contributed by atoms with Crippen LogP contribution in [0.4, 0.5) is 4.39 Å². The van der Waals surface area contributed by atoms with Gasteiger partial charge in [0.1, 0.15) is 5.82 Å². The van der Waals surface area contributed by atoms with Crippen molar-refractivity contribution in [1.82, 2.24) is 4.90 Å². The molecule has 0 saturated carbocycles. The number of halogens is 2. The lowest BCUT2D eigenvalue weighted by molar-refractivity contribution is 0.0573. The van der Waals surface area contributed by atoms with E-state index in [-0.39, 0.29) is 30.2 Å². The summed E-state index contributed by atoms with van der Waals surface area (Å²) in [4.78, 5) is 14.2. The second kappa shape index (κ2) is 7.04. The first kappa shape index (κ1) is 16.9. The fourth-order valence-electron chi connectivity index (χ4n) is 2.63. The summed E-state index contributed by atoms with van der Waals surface area (Å²) >= 11 is 0. The molecular formula is C15H22ClFN2O. The van der Waals surface area contributed by atoms with Gasteiger partial charge >= 0.3 is 0 Å². The van der Waals surface area contributed by atoms with Gasteiger partial charge in [0.15, 0.2) is 0 Å². The maximum absolute atomic E-state index is 13.6. The van der Waals surface area contributed by atoms with Gasteiger partial charge in [-0.1, -0.05) is 13.0 Å². The van der Waals surface area contributed by atoms with Crippen LogP contribution >= 0.6 is 12.4 Å². The van der Waals surface area contributed by atoms with Crippen molar-refractivity contribution in [2.24, 2.45) is 11.7 Å². The number of carbonyl (C=O) groups is 1. The van der Waals surface area contributed by atoms with Crippen LogP contribution in [0.2, 0.25) is 0 Å². The minimum absolute atomic E-state index is 0. The molecule has 2 atom stereocenters. The zero-order chi connectivity index (χ0) is 14.0. The van der Waals surface area contributed by atoms with Crippen molar-refractivity contribution in [3.8, 4) is 0 Å². The fourth-order valence-corrected chi connectivity index (χ4v) is 2.63. The first-order valence-electron chi connectivity index (χ1n) is 6.80. The quantitative estimate of drug-likeness (QED) is 0.913. The van der Waals surface area contributed by atoms with Crippen LogP contribution in [0.15, 0.2) is 18.2 Å². The molecule has 1 aliphatic heterocycles. The van der Waals surface area contributed by atoms with Crippen LogP contribution in [0, 0.1) is 18.7 Å². The highest BCUT2D eigenvalue weighted by molar-refractivity contribution is 5.94. The maximum Gasteiger partial charge on any atom is 0.254 e. The van der Waals surface area contributed by atoms with Crippen LogP contribution in [-0.2, 0) is 0 Å². The first-order chi connectivity index (χ1) is 9.02. The van der Waals surface area contributed by atoms with E-state index in [1.165, 1.54) is 6.07 Å².